The number of hydrogen-bond donors (Lipinski definition) is 1. The van der Waals surface area contributed by atoms with Crippen molar-refractivity contribution >= 4 is 17.4 Å². The molecule has 3 aromatic rings. The van der Waals surface area contributed by atoms with Crippen molar-refractivity contribution in [1.82, 2.24) is 14.8 Å². The van der Waals surface area contributed by atoms with E-state index in [1.807, 2.05) is 49.5 Å². The van der Waals surface area contributed by atoms with Crippen LogP contribution in [-0.4, -0.2) is 14.8 Å². The lowest BCUT2D eigenvalue weighted by atomic mass is 10.0. The topological polar surface area (TPSA) is 56.7 Å². The molecule has 2 heterocycles. The van der Waals surface area contributed by atoms with E-state index in [4.69, 9.17) is 17.3 Å². The van der Waals surface area contributed by atoms with E-state index in [0.29, 0.717) is 10.8 Å². The molecule has 2 N–H and O–H groups in total. The Morgan fingerprint density at radius 2 is 1.85 bits per heavy atom. The summed E-state index contributed by atoms with van der Waals surface area (Å²) in [5.74, 6) is 0.568. The average molecular weight is 285 g/mol. The number of aryl methyl sites for hydroxylation is 1. The van der Waals surface area contributed by atoms with Gasteiger partial charge in [-0.3, -0.25) is 9.67 Å². The van der Waals surface area contributed by atoms with E-state index in [0.717, 1.165) is 22.5 Å². The third-order valence-corrected chi connectivity index (χ3v) is 3.47. The van der Waals surface area contributed by atoms with Gasteiger partial charge in [0, 0.05) is 18.8 Å². The summed E-state index contributed by atoms with van der Waals surface area (Å²) < 4.78 is 1.64. The number of nitrogen functional groups attached to an aromatic ring is 1. The predicted molar refractivity (Wildman–Crippen MR) is 81.3 cm³/mol. The van der Waals surface area contributed by atoms with Gasteiger partial charge in [-0.1, -0.05) is 35.9 Å². The molecule has 1 aromatic carbocycles. The van der Waals surface area contributed by atoms with Crippen LogP contribution in [0.4, 0.5) is 5.82 Å². The molecule has 0 saturated carbocycles. The highest BCUT2D eigenvalue weighted by atomic mass is 35.5. The number of anilines is 1. The molecule has 0 unspecified atom stereocenters. The fraction of sp³-hybridized carbons (Fsp3) is 0.0667. The Morgan fingerprint density at radius 3 is 2.55 bits per heavy atom. The lowest BCUT2D eigenvalue weighted by Crippen LogP contribution is -1.98. The van der Waals surface area contributed by atoms with Crippen LogP contribution in [0.3, 0.4) is 0 Å². The summed E-state index contributed by atoms with van der Waals surface area (Å²) in [4.78, 5) is 4.36. The highest BCUT2D eigenvalue weighted by Crippen LogP contribution is 2.37. The van der Waals surface area contributed by atoms with Crippen LogP contribution >= 0.6 is 11.6 Å². The molecule has 0 spiro atoms. The monoisotopic (exact) mass is 284 g/mol. The van der Waals surface area contributed by atoms with Crippen molar-refractivity contribution in [3.8, 4) is 22.5 Å². The van der Waals surface area contributed by atoms with Crippen LogP contribution < -0.4 is 5.73 Å². The first-order valence-electron chi connectivity index (χ1n) is 6.17. The standard InChI is InChI=1S/C15H13ClN4/c1-20-15(17)13(12-8-4-5-9-18-12)14(19-20)10-6-2-3-7-11(10)16/h2-9H,17H2,1H3. The molecule has 0 aliphatic rings. The summed E-state index contributed by atoms with van der Waals surface area (Å²) in [6.45, 7) is 0. The van der Waals surface area contributed by atoms with E-state index in [1.54, 1.807) is 10.9 Å². The second kappa shape index (κ2) is 4.98. The Hall–Kier alpha value is -2.33. The minimum absolute atomic E-state index is 0.568. The van der Waals surface area contributed by atoms with Crippen LogP contribution in [0, 0.1) is 0 Å². The Balaban J connectivity index is 2.28. The van der Waals surface area contributed by atoms with E-state index in [9.17, 15) is 0 Å². The predicted octanol–water partition coefficient (Wildman–Crippen LogP) is 3.38. The zero-order valence-corrected chi connectivity index (χ0v) is 11.7. The van der Waals surface area contributed by atoms with Crippen LogP contribution in [0.15, 0.2) is 48.7 Å². The second-order valence-electron chi connectivity index (χ2n) is 4.43. The summed E-state index contributed by atoms with van der Waals surface area (Å²) in [5.41, 5.74) is 9.33. The quantitative estimate of drug-likeness (QED) is 0.785. The van der Waals surface area contributed by atoms with E-state index < -0.39 is 0 Å². The van der Waals surface area contributed by atoms with Gasteiger partial charge in [0.25, 0.3) is 0 Å². The Labute approximate surface area is 121 Å². The van der Waals surface area contributed by atoms with Crippen molar-refractivity contribution in [2.24, 2.45) is 7.05 Å². The molecule has 3 rings (SSSR count). The first-order chi connectivity index (χ1) is 9.68. The number of hydrogen-bond acceptors (Lipinski definition) is 3. The summed E-state index contributed by atoms with van der Waals surface area (Å²) in [7, 11) is 1.81. The molecular formula is C15H13ClN4. The zero-order valence-electron chi connectivity index (χ0n) is 10.9. The van der Waals surface area contributed by atoms with Crippen LogP contribution in [0.25, 0.3) is 22.5 Å². The summed E-state index contributed by atoms with van der Waals surface area (Å²) in [5, 5.41) is 5.13. The number of halogens is 1. The maximum absolute atomic E-state index is 6.27. The lowest BCUT2D eigenvalue weighted by molar-refractivity contribution is 0.782. The molecule has 0 saturated heterocycles. The van der Waals surface area contributed by atoms with Gasteiger partial charge in [-0.15, -0.1) is 0 Å². The van der Waals surface area contributed by atoms with Crippen molar-refractivity contribution in [3.05, 3.63) is 53.7 Å². The number of rotatable bonds is 2. The molecule has 100 valence electrons. The van der Waals surface area contributed by atoms with Gasteiger partial charge in [0.05, 0.1) is 16.3 Å². The van der Waals surface area contributed by atoms with E-state index >= 15 is 0 Å². The zero-order chi connectivity index (χ0) is 14.1. The number of nitrogens with zero attached hydrogens (tertiary/aromatic N) is 3. The summed E-state index contributed by atoms with van der Waals surface area (Å²) >= 11 is 6.27. The average Bonchev–Trinajstić information content (AvgIpc) is 2.76. The van der Waals surface area contributed by atoms with Crippen molar-refractivity contribution in [2.45, 2.75) is 0 Å². The van der Waals surface area contributed by atoms with Crippen LogP contribution in [0.5, 0.6) is 0 Å². The van der Waals surface area contributed by atoms with E-state index in [1.165, 1.54) is 0 Å². The van der Waals surface area contributed by atoms with Crippen molar-refractivity contribution in [1.29, 1.82) is 0 Å². The maximum atomic E-state index is 6.27. The van der Waals surface area contributed by atoms with Crippen LogP contribution in [0.1, 0.15) is 0 Å². The smallest absolute Gasteiger partial charge is 0.131 e. The molecule has 0 aliphatic carbocycles. The van der Waals surface area contributed by atoms with Gasteiger partial charge in [-0.05, 0) is 18.2 Å². The minimum Gasteiger partial charge on any atom is -0.383 e. The molecule has 0 bridgehead atoms. The van der Waals surface area contributed by atoms with E-state index in [-0.39, 0.29) is 0 Å². The third-order valence-electron chi connectivity index (χ3n) is 3.14. The van der Waals surface area contributed by atoms with Gasteiger partial charge in [0.1, 0.15) is 11.5 Å². The van der Waals surface area contributed by atoms with Gasteiger partial charge in [-0.2, -0.15) is 5.10 Å². The van der Waals surface area contributed by atoms with Crippen molar-refractivity contribution < 1.29 is 0 Å². The molecular weight excluding hydrogens is 272 g/mol. The Bertz CT molecular complexity index is 750. The van der Waals surface area contributed by atoms with Crippen LogP contribution in [0.2, 0.25) is 5.02 Å². The van der Waals surface area contributed by atoms with Gasteiger partial charge in [-0.25, -0.2) is 0 Å². The molecule has 0 radical (unpaired) electrons. The first-order valence-corrected chi connectivity index (χ1v) is 6.55. The largest absolute Gasteiger partial charge is 0.383 e. The van der Waals surface area contributed by atoms with Crippen LogP contribution in [-0.2, 0) is 7.05 Å². The molecule has 2 aromatic heterocycles. The molecule has 0 atom stereocenters. The number of pyridine rings is 1. The summed E-state index contributed by atoms with van der Waals surface area (Å²) in [6.07, 6.45) is 1.73. The number of nitrogens with two attached hydrogens (primary N) is 1. The molecule has 4 nitrogen and oxygen atoms in total. The SMILES string of the molecule is Cn1nc(-c2ccccc2Cl)c(-c2ccccn2)c1N. The van der Waals surface area contributed by atoms with Gasteiger partial charge in [0.2, 0.25) is 0 Å². The molecule has 0 aliphatic heterocycles. The maximum Gasteiger partial charge on any atom is 0.131 e. The normalized spacial score (nSPS) is 10.7. The number of aromatic nitrogens is 3. The number of benzene rings is 1. The third kappa shape index (κ3) is 2.04. The van der Waals surface area contributed by atoms with Gasteiger partial charge < -0.3 is 5.73 Å². The molecule has 0 amide bonds. The van der Waals surface area contributed by atoms with Gasteiger partial charge >= 0.3 is 0 Å². The minimum atomic E-state index is 0.568. The fourth-order valence-corrected chi connectivity index (χ4v) is 2.37. The first kappa shape index (κ1) is 12.7. The highest BCUT2D eigenvalue weighted by molar-refractivity contribution is 6.33. The Kier molecular flexibility index (Phi) is 3.16. The molecule has 20 heavy (non-hydrogen) atoms. The lowest BCUT2D eigenvalue weighted by Gasteiger charge is -2.04. The van der Waals surface area contributed by atoms with E-state index in [2.05, 4.69) is 10.1 Å². The highest BCUT2D eigenvalue weighted by Gasteiger charge is 2.19. The molecule has 5 heteroatoms. The van der Waals surface area contributed by atoms with Crippen molar-refractivity contribution in [3.63, 3.8) is 0 Å². The second-order valence-corrected chi connectivity index (χ2v) is 4.83. The van der Waals surface area contributed by atoms with Crippen molar-refractivity contribution in [2.75, 3.05) is 5.73 Å². The summed E-state index contributed by atoms with van der Waals surface area (Å²) in [6, 6.07) is 13.3. The Morgan fingerprint density at radius 1 is 1.10 bits per heavy atom. The molecule has 0 fully saturated rings. The van der Waals surface area contributed by atoms with Gasteiger partial charge in [0.15, 0.2) is 0 Å². The fourth-order valence-electron chi connectivity index (χ4n) is 2.14.